The molecular weight excluding hydrogens is 350 g/mol. The Bertz CT molecular complexity index is 859. The average Bonchev–Trinajstić information content (AvgIpc) is 3.03. The van der Waals surface area contributed by atoms with E-state index in [4.69, 9.17) is 4.74 Å². The van der Waals surface area contributed by atoms with Gasteiger partial charge in [0.05, 0.1) is 5.56 Å². The number of fused-ring (bicyclic) bond motifs is 1. The Kier molecular flexibility index (Phi) is 4.84. The molecule has 1 N–H and O–H groups in total. The molecule has 0 saturated heterocycles. The van der Waals surface area contributed by atoms with Crippen LogP contribution in [-0.2, 0) is 16.0 Å². The molecule has 0 fully saturated rings. The molecule has 138 valence electrons. The fraction of sp³-hybridized carbons (Fsp3) is 0.474. The van der Waals surface area contributed by atoms with Crippen molar-refractivity contribution in [2.75, 3.05) is 5.32 Å². The molecule has 0 aliphatic carbocycles. The van der Waals surface area contributed by atoms with Gasteiger partial charge in [-0.25, -0.2) is 4.79 Å². The highest BCUT2D eigenvalue weighted by Crippen LogP contribution is 2.32. The number of hydrogen-bond donors (Lipinski definition) is 1. The third-order valence-corrected chi connectivity index (χ3v) is 5.64. The highest BCUT2D eigenvalue weighted by Gasteiger charge is 2.43. The fourth-order valence-electron chi connectivity index (χ4n) is 2.85. The molecule has 1 aliphatic rings. The second-order valence-electron chi connectivity index (χ2n) is 7.42. The maximum Gasteiger partial charge on any atom is 0.339 e. The predicted octanol–water partition coefficient (Wildman–Crippen LogP) is 3.90. The summed E-state index contributed by atoms with van der Waals surface area (Å²) < 4.78 is 5.49. The molecule has 2 heterocycles. The number of aromatic nitrogens is 2. The molecule has 1 aromatic carbocycles. The Balaban J connectivity index is 1.84. The Morgan fingerprint density at radius 1 is 1.23 bits per heavy atom. The second-order valence-corrected chi connectivity index (χ2v) is 8.43. The van der Waals surface area contributed by atoms with Crippen LogP contribution in [0.1, 0.15) is 72.9 Å². The Labute approximate surface area is 157 Å². The molecule has 3 rings (SSSR count). The van der Waals surface area contributed by atoms with Crippen LogP contribution in [0.15, 0.2) is 18.2 Å². The van der Waals surface area contributed by atoms with Crippen LogP contribution in [0.2, 0.25) is 0 Å². The van der Waals surface area contributed by atoms with E-state index >= 15 is 0 Å². The number of anilines is 1. The van der Waals surface area contributed by atoms with E-state index in [0.717, 1.165) is 16.1 Å². The van der Waals surface area contributed by atoms with Gasteiger partial charge < -0.3 is 4.74 Å². The van der Waals surface area contributed by atoms with Crippen LogP contribution in [0.4, 0.5) is 5.13 Å². The molecule has 1 atom stereocenters. The van der Waals surface area contributed by atoms with E-state index in [-0.39, 0.29) is 5.92 Å². The number of carbonyl (C=O) groups excluding carboxylic acids is 2. The van der Waals surface area contributed by atoms with Crippen molar-refractivity contribution in [3.8, 4) is 0 Å². The zero-order chi connectivity index (χ0) is 19.1. The topological polar surface area (TPSA) is 81.2 Å². The van der Waals surface area contributed by atoms with E-state index in [9.17, 15) is 9.59 Å². The molecule has 26 heavy (non-hydrogen) atoms. The van der Waals surface area contributed by atoms with Crippen LogP contribution in [-0.4, -0.2) is 27.7 Å². The zero-order valence-electron chi connectivity index (χ0n) is 15.6. The molecule has 0 bridgehead atoms. The van der Waals surface area contributed by atoms with E-state index in [1.165, 1.54) is 11.3 Å². The minimum absolute atomic E-state index is 0.238. The number of ether oxygens (including phenoxy) is 1. The summed E-state index contributed by atoms with van der Waals surface area (Å²) in [4.78, 5) is 25.2. The van der Waals surface area contributed by atoms with Crippen molar-refractivity contribution in [2.45, 2.75) is 58.5 Å². The van der Waals surface area contributed by atoms with Gasteiger partial charge in [-0.15, -0.1) is 10.2 Å². The molecule has 0 saturated carbocycles. The van der Waals surface area contributed by atoms with Gasteiger partial charge >= 0.3 is 5.97 Å². The summed E-state index contributed by atoms with van der Waals surface area (Å²) in [6, 6.07) is 5.71. The maximum atomic E-state index is 12.8. The molecule has 2 aromatic rings. The number of carbonyl (C=O) groups is 2. The van der Waals surface area contributed by atoms with Crippen LogP contribution < -0.4 is 5.32 Å². The number of benzene rings is 1. The minimum atomic E-state index is -1.27. The second kappa shape index (κ2) is 6.79. The van der Waals surface area contributed by atoms with Gasteiger partial charge in [-0.1, -0.05) is 51.2 Å². The summed E-state index contributed by atoms with van der Waals surface area (Å²) in [5.41, 5.74) is 1.22. The Morgan fingerprint density at radius 3 is 2.58 bits per heavy atom. The molecule has 6 nitrogen and oxygen atoms in total. The Hall–Kier alpha value is -2.28. The summed E-state index contributed by atoms with van der Waals surface area (Å²) in [5.74, 6) is -0.283. The van der Waals surface area contributed by atoms with Crippen LogP contribution in [0.25, 0.3) is 0 Å². The average molecular weight is 373 g/mol. The van der Waals surface area contributed by atoms with Gasteiger partial charge in [0.15, 0.2) is 5.60 Å². The predicted molar refractivity (Wildman–Crippen MR) is 101 cm³/mol. The number of amides is 1. The summed E-state index contributed by atoms with van der Waals surface area (Å²) in [7, 11) is 0. The lowest BCUT2D eigenvalue weighted by Gasteiger charge is -2.33. The van der Waals surface area contributed by atoms with Crippen LogP contribution in [0, 0.1) is 0 Å². The van der Waals surface area contributed by atoms with Crippen molar-refractivity contribution in [1.82, 2.24) is 10.2 Å². The lowest BCUT2D eigenvalue weighted by Crippen LogP contribution is -2.49. The van der Waals surface area contributed by atoms with Crippen molar-refractivity contribution in [3.63, 3.8) is 0 Å². The monoisotopic (exact) mass is 373 g/mol. The van der Waals surface area contributed by atoms with Gasteiger partial charge in [-0.3, -0.25) is 10.1 Å². The van der Waals surface area contributed by atoms with Crippen LogP contribution >= 0.6 is 11.3 Å². The first-order valence-electron chi connectivity index (χ1n) is 8.70. The van der Waals surface area contributed by atoms with Gasteiger partial charge in [-0.05, 0) is 30.0 Å². The quantitative estimate of drug-likeness (QED) is 0.822. The van der Waals surface area contributed by atoms with E-state index in [2.05, 4.69) is 29.4 Å². The van der Waals surface area contributed by atoms with E-state index in [1.807, 2.05) is 26.0 Å². The smallest absolute Gasteiger partial charge is 0.339 e. The van der Waals surface area contributed by atoms with Gasteiger partial charge in [0.25, 0.3) is 5.91 Å². The highest BCUT2D eigenvalue weighted by molar-refractivity contribution is 7.15. The minimum Gasteiger partial charge on any atom is -0.445 e. The van der Waals surface area contributed by atoms with Gasteiger partial charge in [0, 0.05) is 12.3 Å². The zero-order valence-corrected chi connectivity index (χ0v) is 16.4. The molecule has 0 spiro atoms. The summed E-state index contributed by atoms with van der Waals surface area (Å²) in [5, 5.41) is 12.1. The molecule has 1 amide bonds. The van der Waals surface area contributed by atoms with Gasteiger partial charge in [0.1, 0.15) is 5.01 Å². The summed E-state index contributed by atoms with van der Waals surface area (Å²) in [6.45, 7) is 9.85. The first-order chi connectivity index (χ1) is 12.2. The standard InChI is InChI=1S/C19H23N3O3S/c1-10(2)12-6-7-14-13(8-12)9-19(5,25-16(14)23)17(24)20-18-22-21-15(26-18)11(3)4/h6-8,10-11H,9H2,1-5H3,(H,20,22,24). The third kappa shape index (κ3) is 3.49. The maximum absolute atomic E-state index is 12.8. The lowest BCUT2D eigenvalue weighted by molar-refractivity contribution is -0.134. The molecule has 1 aliphatic heterocycles. The van der Waals surface area contributed by atoms with Crippen molar-refractivity contribution in [3.05, 3.63) is 39.9 Å². The molecule has 7 heteroatoms. The summed E-state index contributed by atoms with van der Waals surface area (Å²) in [6.07, 6.45) is 0.330. The molecular formula is C19H23N3O3S. The third-order valence-electron chi connectivity index (χ3n) is 4.50. The molecule has 0 radical (unpaired) electrons. The normalized spacial score (nSPS) is 19.4. The Morgan fingerprint density at radius 2 is 1.96 bits per heavy atom. The fourth-order valence-corrected chi connectivity index (χ4v) is 3.59. The highest BCUT2D eigenvalue weighted by atomic mass is 32.1. The summed E-state index contributed by atoms with van der Waals surface area (Å²) >= 11 is 1.33. The molecule has 1 unspecified atom stereocenters. The number of rotatable bonds is 4. The first kappa shape index (κ1) is 18.5. The van der Waals surface area contributed by atoms with Gasteiger partial charge in [0.2, 0.25) is 5.13 Å². The van der Waals surface area contributed by atoms with Gasteiger partial charge in [-0.2, -0.15) is 0 Å². The van der Waals surface area contributed by atoms with Crippen molar-refractivity contribution >= 4 is 28.3 Å². The van der Waals surface area contributed by atoms with E-state index in [0.29, 0.717) is 23.0 Å². The lowest BCUT2D eigenvalue weighted by atomic mass is 9.87. The largest absolute Gasteiger partial charge is 0.445 e. The van der Waals surface area contributed by atoms with Crippen molar-refractivity contribution in [1.29, 1.82) is 0 Å². The first-order valence-corrected chi connectivity index (χ1v) is 9.52. The van der Waals surface area contributed by atoms with Crippen molar-refractivity contribution < 1.29 is 14.3 Å². The number of cyclic esters (lactones) is 1. The number of hydrogen-bond acceptors (Lipinski definition) is 6. The van der Waals surface area contributed by atoms with Crippen LogP contribution in [0.5, 0.6) is 0 Å². The van der Waals surface area contributed by atoms with Crippen LogP contribution in [0.3, 0.4) is 0 Å². The SMILES string of the molecule is CC(C)c1ccc2c(c1)CC(C)(C(=O)Nc1nnc(C(C)C)s1)OC2=O. The number of nitrogens with zero attached hydrogens (tertiary/aromatic N) is 2. The van der Waals surface area contributed by atoms with E-state index in [1.54, 1.807) is 13.0 Å². The van der Waals surface area contributed by atoms with Crippen molar-refractivity contribution in [2.24, 2.45) is 0 Å². The number of esters is 1. The van der Waals surface area contributed by atoms with E-state index < -0.39 is 17.5 Å². The number of nitrogens with one attached hydrogen (secondary N) is 1. The molecule has 1 aromatic heterocycles.